The lowest BCUT2D eigenvalue weighted by molar-refractivity contribution is 0.0268. The Morgan fingerprint density at radius 2 is 2.15 bits per heavy atom. The fraction of sp³-hybridized carbons (Fsp3) is 0.750. The molecule has 0 bridgehead atoms. The summed E-state index contributed by atoms with van der Waals surface area (Å²) >= 11 is 0. The zero-order valence-electron chi connectivity index (χ0n) is 12.8. The number of ether oxygens (including phenoxy) is 1. The van der Waals surface area contributed by atoms with Crippen LogP contribution in [0.5, 0.6) is 0 Å². The second-order valence-electron chi connectivity index (χ2n) is 4.81. The molecule has 1 aromatic heterocycles. The molecule has 0 unspecified atom stereocenters. The predicted octanol–water partition coefficient (Wildman–Crippen LogP) is 0.913. The number of nitrogens with zero attached hydrogens (tertiary/aromatic N) is 4. The summed E-state index contributed by atoms with van der Waals surface area (Å²) in [6.07, 6.45) is 1.53. The lowest BCUT2D eigenvalue weighted by atomic mass is 10.1. The SMILES string of the molecule is CCNC(=NCc1ncnn1C)NCC(C)(C)OC.I. The van der Waals surface area contributed by atoms with Crippen LogP contribution >= 0.6 is 24.0 Å². The number of nitrogens with one attached hydrogen (secondary N) is 2. The van der Waals surface area contributed by atoms with Gasteiger partial charge in [0.05, 0.1) is 5.60 Å². The number of halogens is 1. The van der Waals surface area contributed by atoms with Crippen molar-refractivity contribution in [3.8, 4) is 0 Å². The summed E-state index contributed by atoms with van der Waals surface area (Å²) in [6.45, 7) is 8.03. The number of methoxy groups -OCH3 is 1. The van der Waals surface area contributed by atoms with Crippen LogP contribution in [0.4, 0.5) is 0 Å². The number of aromatic nitrogens is 3. The lowest BCUT2D eigenvalue weighted by Crippen LogP contribution is -2.45. The number of rotatable bonds is 6. The van der Waals surface area contributed by atoms with Crippen LogP contribution in [-0.2, 0) is 18.3 Å². The molecule has 0 aliphatic heterocycles. The van der Waals surface area contributed by atoms with Crippen molar-refractivity contribution in [3.05, 3.63) is 12.2 Å². The highest BCUT2D eigenvalue weighted by Crippen LogP contribution is 2.04. The molecule has 0 aromatic carbocycles. The number of hydrogen-bond acceptors (Lipinski definition) is 4. The number of guanidine groups is 1. The van der Waals surface area contributed by atoms with E-state index in [4.69, 9.17) is 4.74 Å². The van der Waals surface area contributed by atoms with Crippen molar-refractivity contribution < 1.29 is 4.74 Å². The van der Waals surface area contributed by atoms with Crippen LogP contribution in [0.1, 0.15) is 26.6 Å². The molecule has 1 rings (SSSR count). The second kappa shape index (κ2) is 9.11. The van der Waals surface area contributed by atoms with E-state index in [1.54, 1.807) is 11.8 Å². The van der Waals surface area contributed by atoms with Crippen LogP contribution in [0, 0.1) is 0 Å². The summed E-state index contributed by atoms with van der Waals surface area (Å²) in [5.41, 5.74) is -0.235. The zero-order valence-corrected chi connectivity index (χ0v) is 15.1. The molecule has 1 aromatic rings. The second-order valence-corrected chi connectivity index (χ2v) is 4.81. The standard InChI is InChI=1S/C12H24N6O.HI/c1-6-13-11(15-8-12(2,3)19-5)14-7-10-16-9-17-18(10)4;/h9H,6-8H2,1-5H3,(H2,13,14,15);1H. The third-order valence-electron chi connectivity index (χ3n) is 2.76. The Kier molecular flexibility index (Phi) is 8.70. The van der Waals surface area contributed by atoms with Gasteiger partial charge in [0, 0.05) is 27.2 Å². The molecule has 0 radical (unpaired) electrons. The van der Waals surface area contributed by atoms with Crippen LogP contribution in [0.3, 0.4) is 0 Å². The number of aliphatic imine (C=N–C) groups is 1. The van der Waals surface area contributed by atoms with Crippen LogP contribution < -0.4 is 10.6 Å². The van der Waals surface area contributed by atoms with Gasteiger partial charge in [-0.2, -0.15) is 5.10 Å². The summed E-state index contributed by atoms with van der Waals surface area (Å²) in [5, 5.41) is 10.5. The molecule has 0 saturated carbocycles. The first-order chi connectivity index (χ1) is 8.98. The Morgan fingerprint density at radius 3 is 2.65 bits per heavy atom. The molecular weight excluding hydrogens is 371 g/mol. The fourth-order valence-electron chi connectivity index (χ4n) is 1.32. The molecule has 2 N–H and O–H groups in total. The van der Waals surface area contributed by atoms with Crippen LogP contribution in [0.15, 0.2) is 11.3 Å². The highest BCUT2D eigenvalue weighted by Gasteiger charge is 2.16. The molecule has 7 nitrogen and oxygen atoms in total. The smallest absolute Gasteiger partial charge is 0.191 e. The van der Waals surface area contributed by atoms with E-state index in [1.807, 2.05) is 27.8 Å². The maximum Gasteiger partial charge on any atom is 0.191 e. The van der Waals surface area contributed by atoms with E-state index in [-0.39, 0.29) is 29.6 Å². The topological polar surface area (TPSA) is 76.4 Å². The van der Waals surface area contributed by atoms with Crippen molar-refractivity contribution in [1.82, 2.24) is 25.4 Å². The highest BCUT2D eigenvalue weighted by atomic mass is 127. The summed E-state index contributed by atoms with van der Waals surface area (Å²) in [5.74, 6) is 1.57. The van der Waals surface area contributed by atoms with Crippen LogP contribution in [-0.4, -0.2) is 46.5 Å². The van der Waals surface area contributed by atoms with Crippen molar-refractivity contribution in [2.75, 3.05) is 20.2 Å². The van der Waals surface area contributed by atoms with Crippen molar-refractivity contribution in [3.63, 3.8) is 0 Å². The van der Waals surface area contributed by atoms with Gasteiger partial charge in [0.25, 0.3) is 0 Å². The van der Waals surface area contributed by atoms with Crippen molar-refractivity contribution >= 4 is 29.9 Å². The maximum atomic E-state index is 5.36. The Balaban J connectivity index is 0.00000361. The van der Waals surface area contributed by atoms with Crippen molar-refractivity contribution in [1.29, 1.82) is 0 Å². The number of hydrogen-bond donors (Lipinski definition) is 2. The number of aryl methyl sites for hydroxylation is 1. The van der Waals surface area contributed by atoms with Gasteiger partial charge in [-0.25, -0.2) is 9.98 Å². The van der Waals surface area contributed by atoms with E-state index < -0.39 is 0 Å². The molecule has 0 aliphatic carbocycles. The first-order valence-corrected chi connectivity index (χ1v) is 6.38. The average molecular weight is 396 g/mol. The maximum absolute atomic E-state index is 5.36. The quantitative estimate of drug-likeness (QED) is 0.425. The molecule has 20 heavy (non-hydrogen) atoms. The van der Waals surface area contributed by atoms with Gasteiger partial charge in [0.2, 0.25) is 0 Å². The fourth-order valence-corrected chi connectivity index (χ4v) is 1.32. The highest BCUT2D eigenvalue weighted by molar-refractivity contribution is 14.0. The summed E-state index contributed by atoms with van der Waals surface area (Å²) in [4.78, 5) is 8.61. The summed E-state index contributed by atoms with van der Waals surface area (Å²) in [6, 6.07) is 0. The molecule has 0 aliphatic rings. The van der Waals surface area contributed by atoms with Gasteiger partial charge in [0.1, 0.15) is 18.7 Å². The van der Waals surface area contributed by atoms with Crippen LogP contribution in [0.25, 0.3) is 0 Å². The Bertz CT molecular complexity index is 418. The Morgan fingerprint density at radius 1 is 1.45 bits per heavy atom. The monoisotopic (exact) mass is 396 g/mol. The van der Waals surface area contributed by atoms with E-state index in [2.05, 4.69) is 25.7 Å². The van der Waals surface area contributed by atoms with Crippen LogP contribution in [0.2, 0.25) is 0 Å². The molecule has 116 valence electrons. The summed E-state index contributed by atoms with van der Waals surface area (Å²) in [7, 11) is 3.55. The first kappa shape index (κ1) is 19.1. The molecule has 8 heteroatoms. The van der Waals surface area contributed by atoms with E-state index in [1.165, 1.54) is 6.33 Å². The normalized spacial score (nSPS) is 11.9. The van der Waals surface area contributed by atoms with Gasteiger partial charge >= 0.3 is 0 Å². The molecule has 0 fully saturated rings. The molecular formula is C12H25IN6O. The first-order valence-electron chi connectivity index (χ1n) is 6.38. The predicted molar refractivity (Wildman–Crippen MR) is 90.3 cm³/mol. The largest absolute Gasteiger partial charge is 0.377 e. The van der Waals surface area contributed by atoms with Gasteiger partial charge in [0.15, 0.2) is 5.96 Å². The third-order valence-corrected chi connectivity index (χ3v) is 2.76. The minimum atomic E-state index is -0.235. The minimum absolute atomic E-state index is 0. The molecule has 0 saturated heterocycles. The van der Waals surface area contributed by atoms with E-state index in [0.717, 1.165) is 18.3 Å². The van der Waals surface area contributed by atoms with Gasteiger partial charge < -0.3 is 15.4 Å². The zero-order chi connectivity index (χ0) is 14.3. The third kappa shape index (κ3) is 6.51. The Hall–Kier alpha value is -0.900. The van der Waals surface area contributed by atoms with Gasteiger partial charge in [-0.05, 0) is 20.8 Å². The van der Waals surface area contributed by atoms with Gasteiger partial charge in [-0.1, -0.05) is 0 Å². The van der Waals surface area contributed by atoms with E-state index in [0.29, 0.717) is 13.1 Å². The van der Waals surface area contributed by atoms with E-state index in [9.17, 15) is 0 Å². The van der Waals surface area contributed by atoms with Gasteiger partial charge in [-0.3, -0.25) is 4.68 Å². The Labute approximate surface area is 137 Å². The van der Waals surface area contributed by atoms with Crippen molar-refractivity contribution in [2.45, 2.75) is 32.9 Å². The molecule has 1 heterocycles. The summed E-state index contributed by atoms with van der Waals surface area (Å²) < 4.78 is 7.08. The molecule has 0 atom stereocenters. The van der Waals surface area contributed by atoms with Crippen molar-refractivity contribution in [2.24, 2.45) is 12.0 Å². The average Bonchev–Trinajstić information content (AvgIpc) is 2.78. The van der Waals surface area contributed by atoms with Gasteiger partial charge in [-0.15, -0.1) is 24.0 Å². The minimum Gasteiger partial charge on any atom is -0.377 e. The lowest BCUT2D eigenvalue weighted by Gasteiger charge is -2.24. The molecule has 0 spiro atoms. The van der Waals surface area contributed by atoms with E-state index >= 15 is 0 Å². The molecule has 0 amide bonds.